The molecule has 2 aromatic carbocycles. The number of anilines is 1. The fourth-order valence-electron chi connectivity index (χ4n) is 4.43. The Morgan fingerprint density at radius 2 is 1.55 bits per heavy atom. The molecule has 1 aromatic heterocycles. The number of hydrogen-bond acceptors (Lipinski definition) is 4. The number of nitrogens with one attached hydrogen (secondary N) is 1. The van der Waals surface area contributed by atoms with Crippen LogP contribution in [0, 0.1) is 0 Å². The second-order valence-electron chi connectivity index (χ2n) is 8.43. The van der Waals surface area contributed by atoms with Gasteiger partial charge in [-0.2, -0.15) is 0 Å². The number of piperidine rings is 1. The van der Waals surface area contributed by atoms with Crippen molar-refractivity contribution in [1.82, 2.24) is 9.29 Å². The van der Waals surface area contributed by atoms with E-state index in [0.717, 1.165) is 23.2 Å². The van der Waals surface area contributed by atoms with Crippen LogP contribution in [0.2, 0.25) is 0 Å². The van der Waals surface area contributed by atoms with Crippen molar-refractivity contribution in [2.24, 2.45) is 0 Å². The van der Waals surface area contributed by atoms with Crippen LogP contribution in [0.5, 0.6) is 0 Å². The largest absolute Gasteiger partial charge is 0.325 e. The van der Waals surface area contributed by atoms with Crippen LogP contribution >= 0.6 is 0 Å². The number of amides is 1. The molecule has 0 radical (unpaired) electrons. The summed E-state index contributed by atoms with van der Waals surface area (Å²) in [5.41, 5.74) is 3.22. The van der Waals surface area contributed by atoms with Crippen LogP contribution in [0.3, 0.4) is 0 Å². The number of pyridine rings is 1. The van der Waals surface area contributed by atoms with E-state index in [1.54, 1.807) is 19.3 Å². The van der Waals surface area contributed by atoms with Gasteiger partial charge in [0.15, 0.2) is 0 Å². The first-order valence-corrected chi connectivity index (χ1v) is 12.9. The molecule has 1 saturated heterocycles. The molecule has 2 heterocycles. The van der Waals surface area contributed by atoms with Gasteiger partial charge in [0.1, 0.15) is 0 Å². The summed E-state index contributed by atoms with van der Waals surface area (Å²) in [6.45, 7) is 2.33. The molecule has 3 aromatic rings. The van der Waals surface area contributed by atoms with Crippen LogP contribution in [0.15, 0.2) is 79.1 Å². The zero-order valence-corrected chi connectivity index (χ0v) is 19.6. The van der Waals surface area contributed by atoms with E-state index in [2.05, 4.69) is 10.3 Å². The van der Waals surface area contributed by atoms with Crippen molar-refractivity contribution in [2.45, 2.75) is 31.6 Å². The van der Waals surface area contributed by atoms with Gasteiger partial charge >= 0.3 is 0 Å². The minimum absolute atomic E-state index is 0.0728. The molecule has 0 saturated carbocycles. The first-order chi connectivity index (χ1) is 15.9. The molecular weight excluding hydrogens is 434 g/mol. The Balaban J connectivity index is 1.52. The van der Waals surface area contributed by atoms with E-state index in [1.807, 2.05) is 66.7 Å². The number of rotatable bonds is 7. The SMILES string of the molecule is CCS(=O)(=O)N1CCC(C(=O)Nc2ccc(Cc3ccncc3)cc2)(c2ccccc2)CC1. The number of sulfonamides is 1. The van der Waals surface area contributed by atoms with Crippen LogP contribution in [0.4, 0.5) is 5.69 Å². The minimum Gasteiger partial charge on any atom is -0.325 e. The predicted octanol–water partition coefficient (Wildman–Crippen LogP) is 3.99. The number of carbonyl (C=O) groups is 1. The molecule has 6 nitrogen and oxygen atoms in total. The molecule has 4 rings (SSSR count). The lowest BCUT2D eigenvalue weighted by atomic mass is 9.72. The summed E-state index contributed by atoms with van der Waals surface area (Å²) >= 11 is 0. The molecule has 33 heavy (non-hydrogen) atoms. The third-order valence-electron chi connectivity index (χ3n) is 6.46. The van der Waals surface area contributed by atoms with E-state index >= 15 is 0 Å². The zero-order valence-electron chi connectivity index (χ0n) is 18.8. The summed E-state index contributed by atoms with van der Waals surface area (Å²) in [4.78, 5) is 17.7. The minimum atomic E-state index is -3.27. The van der Waals surface area contributed by atoms with Gasteiger partial charge in [0.05, 0.1) is 11.2 Å². The maximum absolute atomic E-state index is 13.6. The summed E-state index contributed by atoms with van der Waals surface area (Å²) in [7, 11) is -3.27. The van der Waals surface area contributed by atoms with Crippen molar-refractivity contribution in [3.63, 3.8) is 0 Å². The van der Waals surface area contributed by atoms with Crippen molar-refractivity contribution in [2.75, 3.05) is 24.2 Å². The lowest BCUT2D eigenvalue weighted by molar-refractivity contribution is -0.123. The second kappa shape index (κ2) is 9.85. The number of carbonyl (C=O) groups excluding carboxylic acids is 1. The molecule has 1 aliphatic rings. The summed E-state index contributed by atoms with van der Waals surface area (Å²) in [5.74, 6) is -0.0206. The lowest BCUT2D eigenvalue weighted by Crippen LogP contribution is -2.51. The first kappa shape index (κ1) is 23.1. The molecule has 1 amide bonds. The molecule has 0 unspecified atom stereocenters. The van der Waals surface area contributed by atoms with Crippen molar-refractivity contribution < 1.29 is 13.2 Å². The number of nitrogens with zero attached hydrogens (tertiary/aromatic N) is 2. The van der Waals surface area contributed by atoms with E-state index in [0.29, 0.717) is 25.9 Å². The van der Waals surface area contributed by atoms with Crippen molar-refractivity contribution >= 4 is 21.6 Å². The third-order valence-corrected chi connectivity index (χ3v) is 8.35. The van der Waals surface area contributed by atoms with E-state index < -0.39 is 15.4 Å². The smallest absolute Gasteiger partial charge is 0.235 e. The van der Waals surface area contributed by atoms with E-state index in [9.17, 15) is 13.2 Å². The molecule has 1 fully saturated rings. The van der Waals surface area contributed by atoms with Gasteiger partial charge in [-0.25, -0.2) is 12.7 Å². The summed E-state index contributed by atoms with van der Waals surface area (Å²) in [6.07, 6.45) is 5.25. The lowest BCUT2D eigenvalue weighted by Gasteiger charge is -2.40. The van der Waals surface area contributed by atoms with Crippen LogP contribution in [0.1, 0.15) is 36.5 Å². The van der Waals surface area contributed by atoms with Gasteiger partial charge in [-0.1, -0.05) is 42.5 Å². The van der Waals surface area contributed by atoms with Crippen molar-refractivity contribution in [3.8, 4) is 0 Å². The van der Waals surface area contributed by atoms with E-state index in [1.165, 1.54) is 9.87 Å². The monoisotopic (exact) mass is 463 g/mol. The normalized spacial score (nSPS) is 16.3. The standard InChI is InChI=1S/C26H29N3O3S/c1-2-33(31,32)29-18-14-26(15-19-29,23-6-4-3-5-7-23)25(30)28-24-10-8-21(9-11-24)20-22-12-16-27-17-13-22/h3-13,16-17H,2,14-15,18-20H2,1H3,(H,28,30). The second-order valence-corrected chi connectivity index (χ2v) is 10.7. The number of benzene rings is 2. The van der Waals surface area contributed by atoms with Gasteiger partial charge < -0.3 is 5.32 Å². The fraction of sp³-hybridized carbons (Fsp3) is 0.308. The molecule has 172 valence electrons. The average molecular weight is 464 g/mol. The van der Waals surface area contributed by atoms with Gasteiger partial charge in [-0.15, -0.1) is 0 Å². The molecule has 0 bridgehead atoms. The Bertz CT molecular complexity index is 1170. The Morgan fingerprint density at radius 3 is 2.15 bits per heavy atom. The molecule has 1 N–H and O–H groups in total. The van der Waals surface area contributed by atoms with Crippen LogP contribution in [-0.4, -0.2) is 42.5 Å². The molecule has 0 spiro atoms. The highest BCUT2D eigenvalue weighted by molar-refractivity contribution is 7.89. The van der Waals surface area contributed by atoms with Crippen LogP contribution in [0.25, 0.3) is 0 Å². The van der Waals surface area contributed by atoms with Crippen molar-refractivity contribution in [1.29, 1.82) is 0 Å². The topological polar surface area (TPSA) is 79.4 Å². The molecule has 0 aliphatic carbocycles. The quantitative estimate of drug-likeness (QED) is 0.575. The first-order valence-electron chi connectivity index (χ1n) is 11.3. The third kappa shape index (κ3) is 5.15. The molecule has 0 atom stereocenters. The van der Waals surface area contributed by atoms with Gasteiger partial charge in [0, 0.05) is 31.2 Å². The fourth-order valence-corrected chi connectivity index (χ4v) is 5.53. The Morgan fingerprint density at radius 1 is 0.939 bits per heavy atom. The van der Waals surface area contributed by atoms with E-state index in [-0.39, 0.29) is 11.7 Å². The van der Waals surface area contributed by atoms with Crippen LogP contribution < -0.4 is 5.32 Å². The highest BCUT2D eigenvalue weighted by Gasteiger charge is 2.44. The maximum atomic E-state index is 13.6. The Kier molecular flexibility index (Phi) is 6.91. The van der Waals surface area contributed by atoms with Gasteiger partial charge in [0.25, 0.3) is 0 Å². The number of aromatic nitrogens is 1. The highest BCUT2D eigenvalue weighted by Crippen LogP contribution is 2.37. The Hall–Kier alpha value is -3.03. The molecule has 1 aliphatic heterocycles. The predicted molar refractivity (Wildman–Crippen MR) is 131 cm³/mol. The molecule has 7 heteroatoms. The maximum Gasteiger partial charge on any atom is 0.235 e. The summed E-state index contributed by atoms with van der Waals surface area (Å²) in [6, 6.07) is 21.5. The van der Waals surface area contributed by atoms with E-state index in [4.69, 9.17) is 0 Å². The average Bonchev–Trinajstić information content (AvgIpc) is 2.86. The van der Waals surface area contributed by atoms with Crippen LogP contribution in [-0.2, 0) is 26.7 Å². The number of hydrogen-bond donors (Lipinski definition) is 1. The molecular formula is C26H29N3O3S. The summed E-state index contributed by atoms with van der Waals surface area (Å²) < 4.78 is 26.2. The Labute approximate surface area is 195 Å². The van der Waals surface area contributed by atoms with Gasteiger partial charge in [-0.3, -0.25) is 9.78 Å². The van der Waals surface area contributed by atoms with Crippen molar-refractivity contribution in [3.05, 3.63) is 95.8 Å². The summed E-state index contributed by atoms with van der Waals surface area (Å²) in [5, 5.41) is 3.09. The zero-order chi connectivity index (χ0) is 23.3. The highest BCUT2D eigenvalue weighted by atomic mass is 32.2. The van der Waals surface area contributed by atoms with Gasteiger partial charge in [-0.05, 0) is 67.1 Å². The van der Waals surface area contributed by atoms with Gasteiger partial charge in [0.2, 0.25) is 15.9 Å².